The summed E-state index contributed by atoms with van der Waals surface area (Å²) in [7, 11) is 0. The Balaban J connectivity index is 1.80. The second kappa shape index (κ2) is 15.3. The maximum absolute atomic E-state index is 9.68. The molecule has 1 heterocycles. The van der Waals surface area contributed by atoms with Crippen LogP contribution in [-0.2, 0) is 0 Å². The molecule has 0 bridgehead atoms. The summed E-state index contributed by atoms with van der Waals surface area (Å²) in [5, 5.41) is 13.0. The van der Waals surface area contributed by atoms with E-state index in [9.17, 15) is 5.11 Å². The molecule has 2 atom stereocenters. The summed E-state index contributed by atoms with van der Waals surface area (Å²) < 4.78 is 0. The summed E-state index contributed by atoms with van der Waals surface area (Å²) in [6.45, 7) is 4.09. The molecule has 0 amide bonds. The molecule has 0 aromatic carbocycles. The van der Waals surface area contributed by atoms with Crippen molar-refractivity contribution in [3.05, 3.63) is 24.6 Å². The molecule has 0 aromatic heterocycles. The van der Waals surface area contributed by atoms with Crippen molar-refractivity contribution in [1.82, 2.24) is 10.2 Å². The minimum absolute atomic E-state index is 0.287. The lowest BCUT2D eigenvalue weighted by molar-refractivity contribution is 0.0254. The maximum Gasteiger partial charge on any atom is 0.125 e. The first-order valence-electron chi connectivity index (χ1n) is 10.8. The second-order valence-corrected chi connectivity index (χ2v) is 7.45. The SMILES string of the molecule is CCCCC/C=C/CCCCCCCCCCC1NC=CN1C(C)O. The Morgan fingerprint density at radius 3 is 2.08 bits per heavy atom. The third-order valence-corrected chi connectivity index (χ3v) is 5.07. The van der Waals surface area contributed by atoms with Crippen molar-refractivity contribution in [3.8, 4) is 0 Å². The Hall–Kier alpha value is -0.960. The summed E-state index contributed by atoms with van der Waals surface area (Å²) in [5.41, 5.74) is 0. The van der Waals surface area contributed by atoms with Crippen molar-refractivity contribution in [2.24, 2.45) is 0 Å². The van der Waals surface area contributed by atoms with E-state index in [1.807, 2.05) is 24.2 Å². The molecule has 0 saturated heterocycles. The lowest BCUT2D eigenvalue weighted by Crippen LogP contribution is -2.40. The number of allylic oxidation sites excluding steroid dienone is 2. The zero-order valence-electron chi connectivity index (χ0n) is 16.8. The number of rotatable bonds is 16. The third-order valence-electron chi connectivity index (χ3n) is 5.07. The van der Waals surface area contributed by atoms with Crippen LogP contribution in [0.1, 0.15) is 104 Å². The van der Waals surface area contributed by atoms with Crippen molar-refractivity contribution in [1.29, 1.82) is 0 Å². The van der Waals surface area contributed by atoms with E-state index in [0.29, 0.717) is 0 Å². The number of unbranched alkanes of at least 4 members (excludes halogenated alkanes) is 11. The van der Waals surface area contributed by atoms with Crippen molar-refractivity contribution in [3.63, 3.8) is 0 Å². The van der Waals surface area contributed by atoms with Gasteiger partial charge < -0.3 is 15.3 Å². The smallest absolute Gasteiger partial charge is 0.125 e. The molecule has 2 unspecified atom stereocenters. The van der Waals surface area contributed by atoms with Gasteiger partial charge in [-0.2, -0.15) is 0 Å². The van der Waals surface area contributed by atoms with Crippen molar-refractivity contribution in [2.75, 3.05) is 0 Å². The molecular weight excluding hydrogens is 308 g/mol. The van der Waals surface area contributed by atoms with Gasteiger partial charge in [-0.1, -0.05) is 70.4 Å². The van der Waals surface area contributed by atoms with Crippen LogP contribution in [0.25, 0.3) is 0 Å². The van der Waals surface area contributed by atoms with E-state index >= 15 is 0 Å². The molecule has 1 aliphatic heterocycles. The highest BCUT2D eigenvalue weighted by atomic mass is 16.3. The summed E-state index contributed by atoms with van der Waals surface area (Å²) in [5.74, 6) is 0. The molecular formula is C22H42N2O. The van der Waals surface area contributed by atoms with Gasteiger partial charge in [0.25, 0.3) is 0 Å². The average molecular weight is 351 g/mol. The molecule has 0 aromatic rings. The van der Waals surface area contributed by atoms with Crippen molar-refractivity contribution < 1.29 is 5.11 Å². The lowest BCUT2D eigenvalue weighted by Gasteiger charge is -2.28. The highest BCUT2D eigenvalue weighted by Gasteiger charge is 2.20. The number of nitrogens with one attached hydrogen (secondary N) is 1. The fourth-order valence-electron chi connectivity index (χ4n) is 3.46. The fraction of sp³-hybridized carbons (Fsp3) is 0.818. The zero-order valence-corrected chi connectivity index (χ0v) is 16.8. The van der Waals surface area contributed by atoms with E-state index in [1.54, 1.807) is 0 Å². The maximum atomic E-state index is 9.68. The largest absolute Gasteiger partial charge is 0.374 e. The van der Waals surface area contributed by atoms with E-state index in [0.717, 1.165) is 6.42 Å². The second-order valence-electron chi connectivity index (χ2n) is 7.45. The van der Waals surface area contributed by atoms with E-state index < -0.39 is 6.23 Å². The Morgan fingerprint density at radius 2 is 1.48 bits per heavy atom. The van der Waals surface area contributed by atoms with Gasteiger partial charge in [0.2, 0.25) is 0 Å². The average Bonchev–Trinajstić information content (AvgIpc) is 3.07. The number of aliphatic hydroxyl groups is 1. The molecule has 146 valence electrons. The summed E-state index contributed by atoms with van der Waals surface area (Å²) in [4.78, 5) is 2.00. The van der Waals surface area contributed by atoms with Gasteiger partial charge in [-0.15, -0.1) is 0 Å². The predicted molar refractivity (Wildman–Crippen MR) is 109 cm³/mol. The zero-order chi connectivity index (χ0) is 18.2. The highest BCUT2D eigenvalue weighted by molar-refractivity contribution is 4.94. The minimum atomic E-state index is -0.401. The molecule has 0 saturated carbocycles. The van der Waals surface area contributed by atoms with Crippen molar-refractivity contribution in [2.45, 2.75) is 116 Å². The molecule has 0 aliphatic carbocycles. The normalized spacial score (nSPS) is 18.2. The quantitative estimate of drug-likeness (QED) is 0.262. The topological polar surface area (TPSA) is 35.5 Å². The van der Waals surface area contributed by atoms with Gasteiger partial charge in [0, 0.05) is 12.4 Å². The van der Waals surface area contributed by atoms with Gasteiger partial charge in [0.1, 0.15) is 12.4 Å². The first-order chi connectivity index (χ1) is 12.3. The molecule has 0 radical (unpaired) electrons. The van der Waals surface area contributed by atoms with Crippen LogP contribution in [0, 0.1) is 0 Å². The van der Waals surface area contributed by atoms with Crippen molar-refractivity contribution >= 4 is 0 Å². The fourth-order valence-corrected chi connectivity index (χ4v) is 3.46. The van der Waals surface area contributed by atoms with Crippen LogP contribution >= 0.6 is 0 Å². The third kappa shape index (κ3) is 11.3. The molecule has 1 aliphatic rings. The van der Waals surface area contributed by atoms with E-state index in [-0.39, 0.29) is 6.17 Å². The number of nitrogens with zero attached hydrogens (tertiary/aromatic N) is 1. The summed E-state index contributed by atoms with van der Waals surface area (Å²) in [6.07, 6.45) is 27.1. The Morgan fingerprint density at radius 1 is 0.920 bits per heavy atom. The van der Waals surface area contributed by atoms with Gasteiger partial charge in [0.15, 0.2) is 0 Å². The standard InChI is InChI=1S/C22H42N2O/c1-3-4-5-6-7-8-9-10-11-12-13-14-15-16-17-18-22-23-19-20-24(22)21(2)25/h7-8,19-23,25H,3-6,9-18H2,1-2H3/b8-7+. The van der Waals surface area contributed by atoms with Gasteiger partial charge >= 0.3 is 0 Å². The van der Waals surface area contributed by atoms with Gasteiger partial charge in [-0.05, 0) is 45.4 Å². The summed E-state index contributed by atoms with van der Waals surface area (Å²) >= 11 is 0. The molecule has 25 heavy (non-hydrogen) atoms. The molecule has 1 rings (SSSR count). The minimum Gasteiger partial charge on any atom is -0.374 e. The van der Waals surface area contributed by atoms with E-state index in [2.05, 4.69) is 24.4 Å². The Kier molecular flexibility index (Phi) is 13.5. The first-order valence-corrected chi connectivity index (χ1v) is 10.8. The molecule has 2 N–H and O–H groups in total. The molecule has 3 nitrogen and oxygen atoms in total. The van der Waals surface area contributed by atoms with Crippen LogP contribution in [0.2, 0.25) is 0 Å². The first kappa shape index (κ1) is 22.1. The lowest BCUT2D eigenvalue weighted by atomic mass is 10.1. The van der Waals surface area contributed by atoms with Crippen LogP contribution in [0.5, 0.6) is 0 Å². The van der Waals surface area contributed by atoms with E-state index in [4.69, 9.17) is 0 Å². The van der Waals surface area contributed by atoms with Crippen LogP contribution in [0.15, 0.2) is 24.6 Å². The van der Waals surface area contributed by atoms with Gasteiger partial charge in [0.05, 0.1) is 0 Å². The molecule has 0 spiro atoms. The van der Waals surface area contributed by atoms with Crippen LogP contribution < -0.4 is 5.32 Å². The number of aliphatic hydroxyl groups excluding tert-OH is 1. The summed E-state index contributed by atoms with van der Waals surface area (Å²) in [6, 6.07) is 0. The molecule has 3 heteroatoms. The Bertz CT molecular complexity index is 352. The number of hydrogen-bond donors (Lipinski definition) is 2. The predicted octanol–water partition coefficient (Wildman–Crippen LogP) is 6.06. The van der Waals surface area contributed by atoms with E-state index in [1.165, 1.54) is 83.5 Å². The number of hydrogen-bond acceptors (Lipinski definition) is 3. The van der Waals surface area contributed by atoms with Gasteiger partial charge in [-0.3, -0.25) is 0 Å². The molecule has 0 fully saturated rings. The van der Waals surface area contributed by atoms with Gasteiger partial charge in [-0.25, -0.2) is 0 Å². The van der Waals surface area contributed by atoms with Crippen LogP contribution in [-0.4, -0.2) is 22.4 Å². The van der Waals surface area contributed by atoms with Crippen LogP contribution in [0.3, 0.4) is 0 Å². The highest BCUT2D eigenvalue weighted by Crippen LogP contribution is 2.16. The van der Waals surface area contributed by atoms with Crippen LogP contribution in [0.4, 0.5) is 0 Å². The monoisotopic (exact) mass is 350 g/mol. The Labute approximate surface area is 156 Å².